The zero-order valence-corrected chi connectivity index (χ0v) is 11.7. The van der Waals surface area contributed by atoms with E-state index in [9.17, 15) is 4.79 Å². The number of carbonyl (C=O) groups is 1. The van der Waals surface area contributed by atoms with Gasteiger partial charge in [0.15, 0.2) is 0 Å². The molecule has 0 radical (unpaired) electrons. The standard InChI is InChI=1S/C14H23N3O3/c18-8-7-17-11-13(9-15-17)10-16-5-3-12(4-6-16)1-2-14(19)20/h9,11-12,18H,1-8,10H2,(H,19,20). The molecule has 0 aliphatic carbocycles. The first-order valence-electron chi connectivity index (χ1n) is 7.23. The number of hydrogen-bond donors (Lipinski definition) is 2. The second-order valence-electron chi connectivity index (χ2n) is 5.49. The maximum Gasteiger partial charge on any atom is 0.303 e. The Morgan fingerprint density at radius 1 is 1.40 bits per heavy atom. The number of aliphatic hydroxyl groups is 1. The number of hydrogen-bond acceptors (Lipinski definition) is 4. The topological polar surface area (TPSA) is 78.6 Å². The van der Waals surface area contributed by atoms with E-state index in [2.05, 4.69) is 10.00 Å². The zero-order chi connectivity index (χ0) is 14.4. The molecule has 20 heavy (non-hydrogen) atoms. The fraction of sp³-hybridized carbons (Fsp3) is 0.714. The van der Waals surface area contributed by atoms with Crippen LogP contribution in [-0.4, -0.2) is 50.6 Å². The molecule has 2 rings (SSSR count). The van der Waals surface area contributed by atoms with Crippen molar-refractivity contribution in [2.45, 2.75) is 38.8 Å². The van der Waals surface area contributed by atoms with E-state index in [0.29, 0.717) is 18.9 Å². The number of aliphatic hydroxyl groups excluding tert-OH is 1. The molecule has 0 bridgehead atoms. The normalized spacial score (nSPS) is 17.4. The average molecular weight is 281 g/mol. The highest BCUT2D eigenvalue weighted by Gasteiger charge is 2.20. The SMILES string of the molecule is O=C(O)CCC1CCN(Cc2cnn(CCO)c2)CC1. The molecular formula is C14H23N3O3. The van der Waals surface area contributed by atoms with Gasteiger partial charge in [-0.1, -0.05) is 0 Å². The van der Waals surface area contributed by atoms with Crippen LogP contribution in [0.5, 0.6) is 0 Å². The highest BCUT2D eigenvalue weighted by molar-refractivity contribution is 5.66. The largest absolute Gasteiger partial charge is 0.481 e. The summed E-state index contributed by atoms with van der Waals surface area (Å²) in [7, 11) is 0. The Kier molecular flexibility index (Phi) is 5.55. The fourth-order valence-electron chi connectivity index (χ4n) is 2.73. The first kappa shape index (κ1) is 15.0. The van der Waals surface area contributed by atoms with Gasteiger partial charge in [-0.25, -0.2) is 0 Å². The first-order valence-corrected chi connectivity index (χ1v) is 7.23. The van der Waals surface area contributed by atoms with Crippen LogP contribution in [-0.2, 0) is 17.9 Å². The second kappa shape index (κ2) is 7.40. The van der Waals surface area contributed by atoms with Crippen LogP contribution < -0.4 is 0 Å². The van der Waals surface area contributed by atoms with Gasteiger partial charge in [-0.3, -0.25) is 14.4 Å². The second-order valence-corrected chi connectivity index (χ2v) is 5.49. The Morgan fingerprint density at radius 2 is 2.15 bits per heavy atom. The van der Waals surface area contributed by atoms with E-state index in [0.717, 1.165) is 38.9 Å². The van der Waals surface area contributed by atoms with Gasteiger partial charge < -0.3 is 10.2 Å². The van der Waals surface area contributed by atoms with Gasteiger partial charge in [0.1, 0.15) is 0 Å². The molecule has 0 aromatic carbocycles. The number of nitrogens with zero attached hydrogens (tertiary/aromatic N) is 3. The van der Waals surface area contributed by atoms with Crippen molar-refractivity contribution < 1.29 is 15.0 Å². The third-order valence-corrected chi connectivity index (χ3v) is 3.90. The van der Waals surface area contributed by atoms with Crippen molar-refractivity contribution in [3.63, 3.8) is 0 Å². The summed E-state index contributed by atoms with van der Waals surface area (Å²) in [6.07, 6.45) is 7.09. The van der Waals surface area contributed by atoms with E-state index >= 15 is 0 Å². The van der Waals surface area contributed by atoms with Crippen molar-refractivity contribution in [2.75, 3.05) is 19.7 Å². The number of aromatic nitrogens is 2. The summed E-state index contributed by atoms with van der Waals surface area (Å²) in [5.41, 5.74) is 1.17. The summed E-state index contributed by atoms with van der Waals surface area (Å²) in [6.45, 7) is 3.58. The fourth-order valence-corrected chi connectivity index (χ4v) is 2.73. The minimum atomic E-state index is -0.691. The van der Waals surface area contributed by atoms with Gasteiger partial charge in [-0.2, -0.15) is 5.10 Å². The van der Waals surface area contributed by atoms with Crippen LogP contribution in [0.15, 0.2) is 12.4 Å². The molecule has 0 saturated carbocycles. The third-order valence-electron chi connectivity index (χ3n) is 3.90. The molecule has 112 valence electrons. The van der Waals surface area contributed by atoms with Crippen molar-refractivity contribution in [1.82, 2.24) is 14.7 Å². The number of carboxylic acid groups (broad SMARTS) is 1. The molecule has 2 N–H and O–H groups in total. The number of carboxylic acids is 1. The van der Waals surface area contributed by atoms with Crippen LogP contribution >= 0.6 is 0 Å². The molecule has 1 aromatic rings. The number of aliphatic carboxylic acids is 1. The minimum Gasteiger partial charge on any atom is -0.481 e. The van der Waals surface area contributed by atoms with Crippen LogP contribution in [0, 0.1) is 5.92 Å². The lowest BCUT2D eigenvalue weighted by atomic mass is 9.92. The summed E-state index contributed by atoms with van der Waals surface area (Å²) in [6, 6.07) is 0. The predicted molar refractivity (Wildman–Crippen MR) is 74.2 cm³/mol. The van der Waals surface area contributed by atoms with E-state index in [1.807, 2.05) is 12.4 Å². The lowest BCUT2D eigenvalue weighted by Crippen LogP contribution is -2.33. The van der Waals surface area contributed by atoms with Gasteiger partial charge in [-0.05, 0) is 38.3 Å². The minimum absolute atomic E-state index is 0.107. The highest BCUT2D eigenvalue weighted by Crippen LogP contribution is 2.22. The van der Waals surface area contributed by atoms with Crippen LogP contribution in [0.1, 0.15) is 31.2 Å². The molecule has 0 spiro atoms. The molecule has 1 saturated heterocycles. The van der Waals surface area contributed by atoms with E-state index in [4.69, 9.17) is 10.2 Å². The Hall–Kier alpha value is -1.40. The Labute approximate surface area is 119 Å². The summed E-state index contributed by atoms with van der Waals surface area (Å²) in [5, 5.41) is 21.8. The van der Waals surface area contributed by atoms with Crippen molar-refractivity contribution in [2.24, 2.45) is 5.92 Å². The van der Waals surface area contributed by atoms with E-state index in [-0.39, 0.29) is 6.61 Å². The average Bonchev–Trinajstić information content (AvgIpc) is 2.86. The Bertz CT molecular complexity index is 425. The first-order chi connectivity index (χ1) is 9.67. The number of likely N-dealkylation sites (tertiary alicyclic amines) is 1. The van der Waals surface area contributed by atoms with Crippen molar-refractivity contribution in [1.29, 1.82) is 0 Å². The molecule has 6 heteroatoms. The molecule has 6 nitrogen and oxygen atoms in total. The lowest BCUT2D eigenvalue weighted by molar-refractivity contribution is -0.137. The van der Waals surface area contributed by atoms with Gasteiger partial charge in [0.2, 0.25) is 0 Å². The predicted octanol–water partition coefficient (Wildman–Crippen LogP) is 0.952. The monoisotopic (exact) mass is 281 g/mol. The summed E-state index contributed by atoms with van der Waals surface area (Å²) >= 11 is 0. The third kappa shape index (κ3) is 4.61. The van der Waals surface area contributed by atoms with Gasteiger partial charge >= 0.3 is 5.97 Å². The quantitative estimate of drug-likeness (QED) is 0.778. The van der Waals surface area contributed by atoms with Crippen LogP contribution in [0.3, 0.4) is 0 Å². The smallest absolute Gasteiger partial charge is 0.303 e. The van der Waals surface area contributed by atoms with Gasteiger partial charge in [0.05, 0.1) is 19.3 Å². The molecule has 0 atom stereocenters. The van der Waals surface area contributed by atoms with Crippen LogP contribution in [0.2, 0.25) is 0 Å². The highest BCUT2D eigenvalue weighted by atomic mass is 16.4. The molecule has 2 heterocycles. The van der Waals surface area contributed by atoms with Gasteiger partial charge in [0.25, 0.3) is 0 Å². The summed E-state index contributed by atoms with van der Waals surface area (Å²) in [5.74, 6) is -0.136. The number of piperidine rings is 1. The van der Waals surface area contributed by atoms with Crippen molar-refractivity contribution >= 4 is 5.97 Å². The van der Waals surface area contributed by atoms with E-state index in [1.54, 1.807) is 4.68 Å². The molecular weight excluding hydrogens is 258 g/mol. The maximum atomic E-state index is 10.6. The van der Waals surface area contributed by atoms with Gasteiger partial charge in [0, 0.05) is 24.7 Å². The molecule has 0 unspecified atom stereocenters. The van der Waals surface area contributed by atoms with Crippen molar-refractivity contribution in [3.8, 4) is 0 Å². The Morgan fingerprint density at radius 3 is 2.80 bits per heavy atom. The molecule has 1 aliphatic heterocycles. The van der Waals surface area contributed by atoms with Crippen LogP contribution in [0.25, 0.3) is 0 Å². The molecule has 0 amide bonds. The van der Waals surface area contributed by atoms with Crippen LogP contribution in [0.4, 0.5) is 0 Å². The molecule has 1 aromatic heterocycles. The van der Waals surface area contributed by atoms with Gasteiger partial charge in [-0.15, -0.1) is 0 Å². The van der Waals surface area contributed by atoms with Crippen molar-refractivity contribution in [3.05, 3.63) is 18.0 Å². The van der Waals surface area contributed by atoms with E-state index < -0.39 is 5.97 Å². The molecule has 1 aliphatic rings. The number of rotatable bonds is 7. The Balaban J connectivity index is 1.72. The zero-order valence-electron chi connectivity index (χ0n) is 11.7. The summed E-state index contributed by atoms with van der Waals surface area (Å²) in [4.78, 5) is 13.0. The summed E-state index contributed by atoms with van der Waals surface area (Å²) < 4.78 is 1.76. The lowest BCUT2D eigenvalue weighted by Gasteiger charge is -2.31. The molecule has 1 fully saturated rings. The maximum absolute atomic E-state index is 10.6. The van der Waals surface area contributed by atoms with E-state index in [1.165, 1.54) is 5.56 Å².